The highest BCUT2D eigenvalue weighted by molar-refractivity contribution is 9.10. The number of methoxy groups -OCH3 is 1. The van der Waals surface area contributed by atoms with Crippen LogP contribution in [0.25, 0.3) is 0 Å². The zero-order valence-electron chi connectivity index (χ0n) is 11.5. The van der Waals surface area contributed by atoms with Crippen molar-refractivity contribution in [2.24, 2.45) is 0 Å². The molecule has 0 bridgehead atoms. The number of ether oxygens (including phenoxy) is 2. The molecule has 0 saturated carbocycles. The number of carbonyl (C=O) groups excluding carboxylic acids is 1. The lowest BCUT2D eigenvalue weighted by atomic mass is 10.1. The van der Waals surface area contributed by atoms with E-state index in [2.05, 4.69) is 15.9 Å². The monoisotopic (exact) mass is 357 g/mol. The smallest absolute Gasteiger partial charge is 0.334 e. The summed E-state index contributed by atoms with van der Waals surface area (Å²) in [4.78, 5) is 24.8. The molecule has 0 aromatic heterocycles. The topological polar surface area (TPSA) is 76.1 Å². The van der Waals surface area contributed by atoms with Crippen molar-refractivity contribution in [1.29, 1.82) is 0 Å². The SMILES string of the molecule is COc1ccc(Br)cc1CC(=O)N1CCOC(C(=O)O)C1. The average Bonchev–Trinajstić information content (AvgIpc) is 2.47. The largest absolute Gasteiger partial charge is 0.496 e. The standard InChI is InChI=1S/C14H16BrNO5/c1-20-11-3-2-10(15)6-9(11)7-13(17)16-4-5-21-12(8-16)14(18)19/h2-3,6,12H,4-5,7-8H2,1H3,(H,18,19). The number of hydrogen-bond acceptors (Lipinski definition) is 4. The molecule has 1 amide bonds. The Hall–Kier alpha value is -1.60. The quantitative estimate of drug-likeness (QED) is 0.879. The van der Waals surface area contributed by atoms with Crippen molar-refractivity contribution in [1.82, 2.24) is 4.90 Å². The number of carboxylic acids is 1. The van der Waals surface area contributed by atoms with Gasteiger partial charge in [-0.15, -0.1) is 0 Å². The van der Waals surface area contributed by atoms with E-state index in [1.54, 1.807) is 13.2 Å². The van der Waals surface area contributed by atoms with Gasteiger partial charge in [-0.1, -0.05) is 15.9 Å². The van der Waals surface area contributed by atoms with E-state index in [1.165, 1.54) is 4.90 Å². The van der Waals surface area contributed by atoms with E-state index in [9.17, 15) is 9.59 Å². The molecule has 1 unspecified atom stereocenters. The van der Waals surface area contributed by atoms with Crippen LogP contribution in [-0.4, -0.2) is 54.8 Å². The molecular weight excluding hydrogens is 342 g/mol. The minimum absolute atomic E-state index is 0.0739. The van der Waals surface area contributed by atoms with Crippen LogP contribution < -0.4 is 4.74 Å². The summed E-state index contributed by atoms with van der Waals surface area (Å²) in [7, 11) is 1.55. The molecule has 1 aliphatic heterocycles. The first-order chi connectivity index (χ1) is 10.0. The Morgan fingerprint density at radius 1 is 1.52 bits per heavy atom. The second-order valence-corrected chi connectivity index (χ2v) is 5.59. The molecule has 2 rings (SSSR count). The second-order valence-electron chi connectivity index (χ2n) is 4.67. The summed E-state index contributed by atoms with van der Waals surface area (Å²) in [5.41, 5.74) is 0.759. The Kier molecular flexibility index (Phi) is 5.19. The molecule has 1 fully saturated rings. The summed E-state index contributed by atoms with van der Waals surface area (Å²) in [6.45, 7) is 0.710. The van der Waals surface area contributed by atoms with Gasteiger partial charge in [0.25, 0.3) is 0 Å². The number of rotatable bonds is 4. The molecule has 0 radical (unpaired) electrons. The summed E-state index contributed by atoms with van der Waals surface area (Å²) >= 11 is 3.36. The highest BCUT2D eigenvalue weighted by Gasteiger charge is 2.29. The van der Waals surface area contributed by atoms with E-state index >= 15 is 0 Å². The molecule has 1 aromatic rings. The molecule has 114 valence electrons. The number of carboxylic acid groups (broad SMARTS) is 1. The van der Waals surface area contributed by atoms with Crippen LogP contribution in [0, 0.1) is 0 Å². The van der Waals surface area contributed by atoms with Gasteiger partial charge < -0.3 is 19.5 Å². The predicted molar refractivity (Wildman–Crippen MR) is 78.4 cm³/mol. The van der Waals surface area contributed by atoms with E-state index in [0.717, 1.165) is 10.0 Å². The minimum Gasteiger partial charge on any atom is -0.496 e. The van der Waals surface area contributed by atoms with Crippen LogP contribution in [0.2, 0.25) is 0 Å². The van der Waals surface area contributed by atoms with Gasteiger partial charge in [0.15, 0.2) is 6.10 Å². The molecule has 1 aromatic carbocycles. The van der Waals surface area contributed by atoms with Crippen LogP contribution >= 0.6 is 15.9 Å². The van der Waals surface area contributed by atoms with Gasteiger partial charge in [0.1, 0.15) is 5.75 Å². The highest BCUT2D eigenvalue weighted by Crippen LogP contribution is 2.24. The maximum Gasteiger partial charge on any atom is 0.334 e. The van der Waals surface area contributed by atoms with Crippen molar-refractivity contribution in [3.63, 3.8) is 0 Å². The molecule has 7 heteroatoms. The van der Waals surface area contributed by atoms with Crippen molar-refractivity contribution < 1.29 is 24.2 Å². The fraction of sp³-hybridized carbons (Fsp3) is 0.429. The van der Waals surface area contributed by atoms with Gasteiger partial charge in [0, 0.05) is 16.6 Å². The molecule has 0 aliphatic carbocycles. The maximum absolute atomic E-state index is 12.3. The molecule has 1 aliphatic rings. The second kappa shape index (κ2) is 6.91. The number of hydrogen-bond donors (Lipinski definition) is 1. The Morgan fingerprint density at radius 3 is 2.95 bits per heavy atom. The average molecular weight is 358 g/mol. The van der Waals surface area contributed by atoms with Gasteiger partial charge in [-0.2, -0.15) is 0 Å². The predicted octanol–water partition coefficient (Wildman–Crippen LogP) is 1.31. The zero-order valence-corrected chi connectivity index (χ0v) is 13.1. The van der Waals surface area contributed by atoms with Gasteiger partial charge >= 0.3 is 5.97 Å². The molecule has 1 N–H and O–H groups in total. The van der Waals surface area contributed by atoms with Crippen LogP contribution in [0.3, 0.4) is 0 Å². The van der Waals surface area contributed by atoms with Crippen LogP contribution in [0.1, 0.15) is 5.56 Å². The fourth-order valence-corrected chi connectivity index (χ4v) is 2.59. The maximum atomic E-state index is 12.3. The molecule has 1 atom stereocenters. The van der Waals surface area contributed by atoms with Gasteiger partial charge in [-0.25, -0.2) is 4.79 Å². The van der Waals surface area contributed by atoms with Gasteiger partial charge in [-0.3, -0.25) is 4.79 Å². The number of nitrogens with zero attached hydrogens (tertiary/aromatic N) is 1. The van der Waals surface area contributed by atoms with E-state index in [-0.39, 0.29) is 25.5 Å². The summed E-state index contributed by atoms with van der Waals surface area (Å²) in [5.74, 6) is -0.553. The lowest BCUT2D eigenvalue weighted by Crippen LogP contribution is -2.49. The summed E-state index contributed by atoms with van der Waals surface area (Å²) in [6.07, 6.45) is -0.790. The van der Waals surface area contributed by atoms with E-state index in [0.29, 0.717) is 12.3 Å². The number of morpholine rings is 1. The zero-order chi connectivity index (χ0) is 15.4. The number of carbonyl (C=O) groups is 2. The molecular formula is C14H16BrNO5. The summed E-state index contributed by atoms with van der Waals surface area (Å²) in [5, 5.41) is 8.96. The Bertz CT molecular complexity index is 548. The van der Waals surface area contributed by atoms with E-state index in [1.807, 2.05) is 12.1 Å². The van der Waals surface area contributed by atoms with Crippen LogP contribution in [-0.2, 0) is 20.7 Å². The normalized spacial score (nSPS) is 18.4. The lowest BCUT2D eigenvalue weighted by molar-refractivity contribution is -0.159. The number of benzene rings is 1. The number of halogens is 1. The first-order valence-corrected chi connectivity index (χ1v) is 7.25. The van der Waals surface area contributed by atoms with Gasteiger partial charge in [-0.05, 0) is 18.2 Å². The molecule has 0 spiro atoms. The highest BCUT2D eigenvalue weighted by atomic mass is 79.9. The van der Waals surface area contributed by atoms with Crippen molar-refractivity contribution in [3.05, 3.63) is 28.2 Å². The fourth-order valence-electron chi connectivity index (χ4n) is 2.19. The molecule has 21 heavy (non-hydrogen) atoms. The third kappa shape index (κ3) is 3.95. The van der Waals surface area contributed by atoms with Crippen LogP contribution in [0.5, 0.6) is 5.75 Å². The van der Waals surface area contributed by atoms with Crippen LogP contribution in [0.15, 0.2) is 22.7 Å². The first-order valence-electron chi connectivity index (χ1n) is 6.46. The molecule has 1 heterocycles. The summed E-state index contributed by atoms with van der Waals surface area (Å²) in [6, 6.07) is 5.44. The molecule has 1 saturated heterocycles. The van der Waals surface area contributed by atoms with Crippen molar-refractivity contribution in [3.8, 4) is 5.75 Å². The van der Waals surface area contributed by atoms with Crippen molar-refractivity contribution >= 4 is 27.8 Å². The third-order valence-corrected chi connectivity index (χ3v) is 3.77. The number of aliphatic carboxylic acids is 1. The third-order valence-electron chi connectivity index (χ3n) is 3.28. The van der Waals surface area contributed by atoms with E-state index < -0.39 is 12.1 Å². The van der Waals surface area contributed by atoms with Crippen molar-refractivity contribution in [2.75, 3.05) is 26.8 Å². The Labute approximate surface area is 130 Å². The lowest BCUT2D eigenvalue weighted by Gasteiger charge is -2.31. The van der Waals surface area contributed by atoms with Gasteiger partial charge in [0.2, 0.25) is 5.91 Å². The van der Waals surface area contributed by atoms with Gasteiger partial charge in [0.05, 0.1) is 26.7 Å². The summed E-state index contributed by atoms with van der Waals surface area (Å²) < 4.78 is 11.2. The van der Waals surface area contributed by atoms with Crippen LogP contribution in [0.4, 0.5) is 0 Å². The number of amides is 1. The minimum atomic E-state index is -1.05. The molecule has 6 nitrogen and oxygen atoms in total. The Morgan fingerprint density at radius 2 is 2.29 bits per heavy atom. The first kappa shape index (κ1) is 15.8. The van der Waals surface area contributed by atoms with Crippen molar-refractivity contribution in [2.45, 2.75) is 12.5 Å². The van der Waals surface area contributed by atoms with E-state index in [4.69, 9.17) is 14.6 Å². The Balaban J connectivity index is 2.07.